The molecule has 6 heteroatoms. The van der Waals surface area contributed by atoms with Crippen LogP contribution in [0.4, 0.5) is 0 Å². The van der Waals surface area contributed by atoms with Gasteiger partial charge in [0.1, 0.15) is 6.04 Å². The van der Waals surface area contributed by atoms with Gasteiger partial charge in [-0.1, -0.05) is 35.5 Å². The number of aromatic nitrogens is 2. The van der Waals surface area contributed by atoms with Gasteiger partial charge in [0.05, 0.1) is 6.04 Å². The first kappa shape index (κ1) is 14.2. The highest BCUT2D eigenvalue weighted by molar-refractivity contribution is 5.81. The summed E-state index contributed by atoms with van der Waals surface area (Å²) in [4.78, 5) is 15.8. The number of benzene rings is 1. The zero-order valence-corrected chi connectivity index (χ0v) is 11.5. The second-order valence-electron chi connectivity index (χ2n) is 4.73. The number of amides is 1. The average molecular weight is 274 g/mol. The van der Waals surface area contributed by atoms with E-state index in [-0.39, 0.29) is 11.9 Å². The van der Waals surface area contributed by atoms with Gasteiger partial charge < -0.3 is 15.6 Å². The van der Waals surface area contributed by atoms with Crippen LogP contribution in [0.25, 0.3) is 0 Å². The van der Waals surface area contributed by atoms with E-state index in [0.29, 0.717) is 18.1 Å². The first-order valence-corrected chi connectivity index (χ1v) is 6.48. The molecular formula is C14H18N4O2. The molecule has 1 unspecified atom stereocenters. The number of rotatable bonds is 5. The van der Waals surface area contributed by atoms with E-state index in [1.165, 1.54) is 0 Å². The molecule has 0 aliphatic carbocycles. The highest BCUT2D eigenvalue weighted by Crippen LogP contribution is 2.12. The molecule has 20 heavy (non-hydrogen) atoms. The monoisotopic (exact) mass is 274 g/mol. The first-order chi connectivity index (χ1) is 9.56. The van der Waals surface area contributed by atoms with Crippen molar-refractivity contribution in [1.29, 1.82) is 0 Å². The molecule has 1 amide bonds. The predicted octanol–water partition coefficient (Wildman–Crippen LogP) is 1.18. The lowest BCUT2D eigenvalue weighted by Crippen LogP contribution is -2.39. The van der Waals surface area contributed by atoms with Gasteiger partial charge in [0.25, 0.3) is 0 Å². The molecule has 2 rings (SSSR count). The van der Waals surface area contributed by atoms with Crippen molar-refractivity contribution in [2.45, 2.75) is 32.4 Å². The Kier molecular flexibility index (Phi) is 4.47. The highest BCUT2D eigenvalue weighted by Gasteiger charge is 2.18. The molecule has 2 aromatic rings. The van der Waals surface area contributed by atoms with Crippen molar-refractivity contribution in [3.8, 4) is 0 Å². The summed E-state index contributed by atoms with van der Waals surface area (Å²) < 4.78 is 5.16. The summed E-state index contributed by atoms with van der Waals surface area (Å²) in [6.07, 6.45) is 0.596. The Morgan fingerprint density at radius 2 is 2.05 bits per heavy atom. The molecule has 0 aliphatic rings. The third kappa shape index (κ3) is 3.64. The number of carbonyl (C=O) groups is 1. The lowest BCUT2D eigenvalue weighted by atomic mass is 10.1. The van der Waals surface area contributed by atoms with Gasteiger partial charge in [0, 0.05) is 6.42 Å². The first-order valence-electron chi connectivity index (χ1n) is 6.48. The van der Waals surface area contributed by atoms with Crippen LogP contribution in [0.5, 0.6) is 0 Å². The van der Waals surface area contributed by atoms with Crippen LogP contribution in [0.1, 0.15) is 37.2 Å². The predicted molar refractivity (Wildman–Crippen MR) is 73.8 cm³/mol. The molecule has 0 bridgehead atoms. The van der Waals surface area contributed by atoms with Crippen LogP contribution in [-0.2, 0) is 11.2 Å². The van der Waals surface area contributed by atoms with Crippen molar-refractivity contribution in [3.63, 3.8) is 0 Å². The second-order valence-corrected chi connectivity index (χ2v) is 4.73. The molecule has 0 fully saturated rings. The van der Waals surface area contributed by atoms with E-state index in [9.17, 15) is 4.79 Å². The molecule has 106 valence electrons. The molecule has 0 radical (unpaired) electrons. The van der Waals surface area contributed by atoms with Gasteiger partial charge in [-0.15, -0.1) is 0 Å². The Balaban J connectivity index is 2.00. The molecule has 1 aromatic carbocycles. The van der Waals surface area contributed by atoms with Crippen molar-refractivity contribution in [1.82, 2.24) is 15.5 Å². The van der Waals surface area contributed by atoms with Crippen LogP contribution in [-0.4, -0.2) is 22.1 Å². The smallest absolute Gasteiger partial charge is 0.248 e. The summed E-state index contributed by atoms with van der Waals surface area (Å²) in [5.74, 6) is 0.721. The Morgan fingerprint density at radius 1 is 1.35 bits per heavy atom. The third-order valence-corrected chi connectivity index (χ3v) is 2.83. The fourth-order valence-electron chi connectivity index (χ4n) is 1.70. The minimum Gasteiger partial charge on any atom is -0.343 e. The standard InChI is InChI=1S/C14H18N4O2/c1-9(15)13(19)16-10(2)14-17-12(18-20-14)8-11-6-4-3-5-7-11/h3-7,9-10H,8,15H2,1-2H3,(H,16,19)/t9-,10?/m1/s1. The van der Waals surface area contributed by atoms with Gasteiger partial charge in [-0.25, -0.2) is 0 Å². The molecule has 6 nitrogen and oxygen atoms in total. The number of carbonyl (C=O) groups excluding carboxylic acids is 1. The summed E-state index contributed by atoms with van der Waals surface area (Å²) in [6.45, 7) is 3.40. The summed E-state index contributed by atoms with van der Waals surface area (Å²) in [5.41, 5.74) is 6.59. The number of hydrogen-bond donors (Lipinski definition) is 2. The maximum absolute atomic E-state index is 11.5. The second kappa shape index (κ2) is 6.29. The minimum absolute atomic E-state index is 0.250. The molecule has 3 N–H and O–H groups in total. The van der Waals surface area contributed by atoms with Crippen molar-refractivity contribution in [2.24, 2.45) is 5.73 Å². The number of nitrogens with two attached hydrogens (primary N) is 1. The lowest BCUT2D eigenvalue weighted by Gasteiger charge is -2.11. The summed E-state index contributed by atoms with van der Waals surface area (Å²) >= 11 is 0. The van der Waals surface area contributed by atoms with Gasteiger partial charge in [-0.2, -0.15) is 4.98 Å². The van der Waals surface area contributed by atoms with E-state index in [1.54, 1.807) is 13.8 Å². The lowest BCUT2D eigenvalue weighted by molar-refractivity contribution is -0.122. The molecule has 0 saturated heterocycles. The maximum Gasteiger partial charge on any atom is 0.248 e. The van der Waals surface area contributed by atoms with Gasteiger partial charge in [0.2, 0.25) is 11.8 Å². The quantitative estimate of drug-likeness (QED) is 0.854. The molecule has 1 heterocycles. The Bertz CT molecular complexity index is 566. The van der Waals surface area contributed by atoms with E-state index >= 15 is 0 Å². The van der Waals surface area contributed by atoms with Crippen molar-refractivity contribution in [3.05, 3.63) is 47.6 Å². The Morgan fingerprint density at radius 3 is 2.70 bits per heavy atom. The molecule has 2 atom stereocenters. The SMILES string of the molecule is CC(NC(=O)[C@@H](C)N)c1nc(Cc2ccccc2)no1. The van der Waals surface area contributed by atoms with Gasteiger partial charge in [0.15, 0.2) is 5.82 Å². The molecular weight excluding hydrogens is 256 g/mol. The molecule has 0 spiro atoms. The van der Waals surface area contributed by atoms with Crippen LogP contribution in [0.3, 0.4) is 0 Å². The van der Waals surface area contributed by atoms with E-state index in [4.69, 9.17) is 10.3 Å². The van der Waals surface area contributed by atoms with Crippen LogP contribution < -0.4 is 11.1 Å². The largest absolute Gasteiger partial charge is 0.343 e. The van der Waals surface area contributed by atoms with Gasteiger partial charge >= 0.3 is 0 Å². The van der Waals surface area contributed by atoms with Gasteiger partial charge in [-0.05, 0) is 19.4 Å². The summed E-state index contributed by atoms with van der Waals surface area (Å²) in [6, 6.07) is 8.95. The van der Waals surface area contributed by atoms with Crippen LogP contribution >= 0.6 is 0 Å². The van der Waals surface area contributed by atoms with E-state index in [1.807, 2.05) is 30.3 Å². The zero-order chi connectivity index (χ0) is 14.5. The minimum atomic E-state index is -0.566. The number of hydrogen-bond acceptors (Lipinski definition) is 5. The average Bonchev–Trinajstić information content (AvgIpc) is 2.88. The van der Waals surface area contributed by atoms with E-state index in [2.05, 4.69) is 15.5 Å². The third-order valence-electron chi connectivity index (χ3n) is 2.83. The topological polar surface area (TPSA) is 94.0 Å². The van der Waals surface area contributed by atoms with Crippen molar-refractivity contribution < 1.29 is 9.32 Å². The fourth-order valence-corrected chi connectivity index (χ4v) is 1.70. The summed E-state index contributed by atoms with van der Waals surface area (Å²) in [7, 11) is 0. The zero-order valence-electron chi connectivity index (χ0n) is 11.5. The Hall–Kier alpha value is -2.21. The fraction of sp³-hybridized carbons (Fsp3) is 0.357. The van der Waals surface area contributed by atoms with Crippen LogP contribution in [0.15, 0.2) is 34.9 Å². The normalized spacial score (nSPS) is 13.8. The van der Waals surface area contributed by atoms with Crippen molar-refractivity contribution >= 4 is 5.91 Å². The molecule has 0 aliphatic heterocycles. The van der Waals surface area contributed by atoms with E-state index in [0.717, 1.165) is 5.56 Å². The van der Waals surface area contributed by atoms with E-state index < -0.39 is 6.04 Å². The number of nitrogens with zero attached hydrogens (tertiary/aromatic N) is 2. The highest BCUT2D eigenvalue weighted by atomic mass is 16.5. The maximum atomic E-state index is 11.5. The Labute approximate surface area is 117 Å². The van der Waals surface area contributed by atoms with Crippen LogP contribution in [0, 0.1) is 0 Å². The summed E-state index contributed by atoms with van der Waals surface area (Å²) in [5, 5.41) is 6.63. The molecule has 0 saturated carbocycles. The van der Waals surface area contributed by atoms with Crippen LogP contribution in [0.2, 0.25) is 0 Å². The van der Waals surface area contributed by atoms with Crippen molar-refractivity contribution in [2.75, 3.05) is 0 Å². The molecule has 1 aromatic heterocycles. The number of nitrogens with one attached hydrogen (secondary N) is 1. The van der Waals surface area contributed by atoms with Gasteiger partial charge in [-0.3, -0.25) is 4.79 Å².